The van der Waals surface area contributed by atoms with Crippen molar-refractivity contribution in [2.24, 2.45) is 0 Å². The Bertz CT molecular complexity index is 2070. The molecule has 0 saturated carbocycles. The highest BCUT2D eigenvalue weighted by atomic mass is 16.5. The van der Waals surface area contributed by atoms with Gasteiger partial charge in [-0.2, -0.15) is 0 Å². The van der Waals surface area contributed by atoms with Gasteiger partial charge in [0.1, 0.15) is 22.8 Å². The Morgan fingerprint density at radius 3 is 1.84 bits per heavy atom. The smallest absolute Gasteiger partial charge is 0.228 e. The summed E-state index contributed by atoms with van der Waals surface area (Å²) in [6.07, 6.45) is 4.90. The summed E-state index contributed by atoms with van der Waals surface area (Å²) in [5.41, 5.74) is 7.67. The van der Waals surface area contributed by atoms with Crippen LogP contribution in [-0.4, -0.2) is 37.1 Å². The first-order valence-corrected chi connectivity index (χ1v) is 14.6. The van der Waals surface area contributed by atoms with E-state index in [0.717, 1.165) is 72.9 Å². The topological polar surface area (TPSA) is 89.5 Å². The summed E-state index contributed by atoms with van der Waals surface area (Å²) >= 11 is 0. The Kier molecular flexibility index (Phi) is 6.85. The number of nitrogens with one attached hydrogen (secondary N) is 2. The van der Waals surface area contributed by atoms with Gasteiger partial charge in [-0.15, -0.1) is 0 Å². The second kappa shape index (κ2) is 11.0. The van der Waals surface area contributed by atoms with Gasteiger partial charge < -0.3 is 28.6 Å². The maximum Gasteiger partial charge on any atom is 0.228 e. The number of carbonyl (C=O) groups excluding carboxylic acids is 1. The molecule has 2 N–H and O–H groups in total. The van der Waals surface area contributed by atoms with Crippen molar-refractivity contribution in [1.82, 2.24) is 9.97 Å². The fourth-order valence-electron chi connectivity index (χ4n) is 6.18. The van der Waals surface area contributed by atoms with E-state index in [2.05, 4.69) is 53.6 Å². The van der Waals surface area contributed by atoms with Crippen molar-refractivity contribution >= 4 is 38.6 Å². The third kappa shape index (κ3) is 4.57. The molecule has 3 heterocycles. The van der Waals surface area contributed by atoms with Gasteiger partial charge in [-0.05, 0) is 101 Å². The second-order valence-corrected chi connectivity index (χ2v) is 10.9. The first kappa shape index (κ1) is 27.4. The molecule has 0 spiro atoms. The van der Waals surface area contributed by atoms with Crippen LogP contribution in [0, 0.1) is 0 Å². The minimum absolute atomic E-state index is 0.151. The summed E-state index contributed by atoms with van der Waals surface area (Å²) in [6.45, 7) is 2.11. The number of ketones is 1. The fourth-order valence-corrected chi connectivity index (χ4v) is 6.18. The molecule has 0 atom stereocenters. The van der Waals surface area contributed by atoms with Gasteiger partial charge in [0.25, 0.3) is 0 Å². The van der Waals surface area contributed by atoms with Gasteiger partial charge in [0.15, 0.2) is 5.76 Å². The molecular weight excluding hydrogens is 552 g/mol. The molecule has 0 aliphatic rings. The van der Waals surface area contributed by atoms with Crippen LogP contribution in [-0.2, 0) is 6.42 Å². The molecule has 7 nitrogen and oxygen atoms in total. The maximum atomic E-state index is 13.5. The molecule has 0 aliphatic carbocycles. The minimum Gasteiger partial charge on any atom is -0.497 e. The molecule has 0 aliphatic heterocycles. The van der Waals surface area contributed by atoms with Crippen molar-refractivity contribution in [3.8, 4) is 17.2 Å². The number of furan rings is 1. The van der Waals surface area contributed by atoms with Crippen LogP contribution >= 0.6 is 0 Å². The van der Waals surface area contributed by atoms with Crippen LogP contribution in [0.1, 0.15) is 51.2 Å². The van der Waals surface area contributed by atoms with Crippen LogP contribution in [0.2, 0.25) is 0 Å². The molecule has 0 amide bonds. The third-order valence-electron chi connectivity index (χ3n) is 8.47. The number of hydrogen-bond acceptors (Lipinski definition) is 5. The summed E-state index contributed by atoms with van der Waals surface area (Å²) in [5.74, 6) is 2.26. The number of fused-ring (bicyclic) bond motifs is 3. The van der Waals surface area contributed by atoms with E-state index in [1.807, 2.05) is 30.3 Å². The molecule has 0 radical (unpaired) electrons. The Labute approximate surface area is 254 Å². The van der Waals surface area contributed by atoms with Gasteiger partial charge in [0, 0.05) is 51.1 Å². The van der Waals surface area contributed by atoms with E-state index in [0.29, 0.717) is 17.1 Å². The molecule has 0 unspecified atom stereocenters. The van der Waals surface area contributed by atoms with Crippen LogP contribution in [0.15, 0.2) is 95.7 Å². The second-order valence-electron chi connectivity index (χ2n) is 10.9. The van der Waals surface area contributed by atoms with Crippen LogP contribution in [0.4, 0.5) is 0 Å². The number of aromatic nitrogens is 2. The quantitative estimate of drug-likeness (QED) is 0.166. The Hall–Kier alpha value is -5.43. The highest BCUT2D eigenvalue weighted by Gasteiger charge is 2.26. The van der Waals surface area contributed by atoms with Crippen molar-refractivity contribution in [1.29, 1.82) is 0 Å². The number of H-pyrrole nitrogens is 2. The van der Waals surface area contributed by atoms with E-state index in [-0.39, 0.29) is 11.7 Å². The Morgan fingerprint density at radius 1 is 0.727 bits per heavy atom. The van der Waals surface area contributed by atoms with Crippen LogP contribution in [0.3, 0.4) is 0 Å². The van der Waals surface area contributed by atoms with Gasteiger partial charge >= 0.3 is 0 Å². The molecule has 44 heavy (non-hydrogen) atoms. The normalized spacial score (nSPS) is 11.6. The van der Waals surface area contributed by atoms with E-state index in [1.54, 1.807) is 45.6 Å². The Balaban J connectivity index is 1.43. The lowest BCUT2D eigenvalue weighted by Crippen LogP contribution is -2.04. The number of carbonyl (C=O) groups is 1. The zero-order valence-corrected chi connectivity index (χ0v) is 25.0. The van der Waals surface area contributed by atoms with Gasteiger partial charge in [-0.1, -0.05) is 13.0 Å². The lowest BCUT2D eigenvalue weighted by atomic mass is 9.83. The minimum atomic E-state index is -0.170. The maximum absolute atomic E-state index is 13.5. The Morgan fingerprint density at radius 2 is 1.30 bits per heavy atom. The number of aromatic amines is 2. The predicted octanol–water partition coefficient (Wildman–Crippen LogP) is 8.39. The van der Waals surface area contributed by atoms with Gasteiger partial charge in [0.2, 0.25) is 5.78 Å². The van der Waals surface area contributed by atoms with E-state index >= 15 is 0 Å². The summed E-state index contributed by atoms with van der Waals surface area (Å²) in [5, 5.41) is 3.04. The average molecular weight is 585 g/mol. The summed E-state index contributed by atoms with van der Waals surface area (Å²) in [4.78, 5) is 20.4. The lowest BCUT2D eigenvalue weighted by Gasteiger charge is -2.19. The van der Waals surface area contributed by atoms with Crippen LogP contribution in [0.25, 0.3) is 32.8 Å². The van der Waals surface area contributed by atoms with Crippen LogP contribution < -0.4 is 14.2 Å². The number of aryl methyl sites for hydroxylation is 1. The SMILES string of the molecule is CCc1cc(C(c2c[nH]c3ccc(OC)cc23)c2c[nH]c3ccc(OC)cc23)cc2cc(C(=O)c3ccc(OC)cc3)oc12. The summed E-state index contributed by atoms with van der Waals surface area (Å²) in [6, 6.07) is 25.4. The number of rotatable bonds is 9. The highest BCUT2D eigenvalue weighted by molar-refractivity contribution is 6.09. The molecular formula is C37H32N2O5. The summed E-state index contributed by atoms with van der Waals surface area (Å²) < 4.78 is 22.7. The molecule has 220 valence electrons. The van der Waals surface area contributed by atoms with Crippen molar-refractivity contribution in [3.63, 3.8) is 0 Å². The zero-order chi connectivity index (χ0) is 30.4. The molecule has 3 aromatic heterocycles. The van der Waals surface area contributed by atoms with E-state index in [1.165, 1.54) is 0 Å². The summed E-state index contributed by atoms with van der Waals surface area (Å²) in [7, 11) is 4.97. The number of methoxy groups -OCH3 is 3. The number of benzene rings is 4. The first-order chi connectivity index (χ1) is 21.5. The standard InChI is InChI=1S/C37H32N2O5/c1-5-21-14-23(15-24-16-34(44-37(21)24)36(40)22-6-8-25(41-2)9-7-22)35(30-19-38-32-12-10-26(42-3)17-28(30)32)31-20-39-33-13-11-27(43-4)18-29(31)33/h6-20,35,38-39H,5H2,1-4H3. The molecule has 0 bridgehead atoms. The first-order valence-electron chi connectivity index (χ1n) is 14.6. The van der Waals surface area contributed by atoms with E-state index < -0.39 is 0 Å². The molecule has 4 aromatic carbocycles. The largest absolute Gasteiger partial charge is 0.497 e. The fraction of sp³-hybridized carbons (Fsp3) is 0.162. The van der Waals surface area contributed by atoms with Crippen molar-refractivity contribution in [3.05, 3.63) is 125 Å². The molecule has 7 heteroatoms. The highest BCUT2D eigenvalue weighted by Crippen LogP contribution is 2.42. The number of hydrogen-bond donors (Lipinski definition) is 2. The molecule has 7 rings (SSSR count). The van der Waals surface area contributed by atoms with Gasteiger partial charge in [-0.25, -0.2) is 0 Å². The van der Waals surface area contributed by atoms with Crippen molar-refractivity contribution in [2.75, 3.05) is 21.3 Å². The van der Waals surface area contributed by atoms with Crippen molar-refractivity contribution < 1.29 is 23.4 Å². The van der Waals surface area contributed by atoms with E-state index in [4.69, 9.17) is 18.6 Å². The van der Waals surface area contributed by atoms with Crippen LogP contribution in [0.5, 0.6) is 17.2 Å². The lowest BCUT2D eigenvalue weighted by molar-refractivity contribution is 0.101. The van der Waals surface area contributed by atoms with Gasteiger partial charge in [0.05, 0.1) is 21.3 Å². The van der Waals surface area contributed by atoms with Gasteiger partial charge in [-0.3, -0.25) is 4.79 Å². The zero-order valence-electron chi connectivity index (χ0n) is 25.0. The van der Waals surface area contributed by atoms with Crippen molar-refractivity contribution in [2.45, 2.75) is 19.3 Å². The third-order valence-corrected chi connectivity index (χ3v) is 8.47. The monoisotopic (exact) mass is 584 g/mol. The number of ether oxygens (including phenoxy) is 3. The van der Waals surface area contributed by atoms with E-state index in [9.17, 15) is 4.79 Å². The molecule has 7 aromatic rings. The average Bonchev–Trinajstić information content (AvgIpc) is 3.81. The molecule has 0 saturated heterocycles. The molecule has 0 fully saturated rings. The predicted molar refractivity (Wildman–Crippen MR) is 173 cm³/mol.